The number of amides is 1. The van der Waals surface area contributed by atoms with E-state index < -0.39 is 0 Å². The number of nitrogens with one attached hydrogen (secondary N) is 2. The minimum Gasteiger partial charge on any atom is -0.381 e. The number of carbonyl (C=O) groups excluding carboxylic acids is 1. The molecule has 0 saturated heterocycles. The van der Waals surface area contributed by atoms with E-state index in [1.54, 1.807) is 0 Å². The number of nitrogens with zero attached hydrogens (tertiary/aromatic N) is 1. The third kappa shape index (κ3) is 2.98. The van der Waals surface area contributed by atoms with Gasteiger partial charge in [-0.1, -0.05) is 12.1 Å². The molecule has 2 aromatic rings. The first kappa shape index (κ1) is 14.6. The molecule has 0 radical (unpaired) electrons. The SMILES string of the molecule is CCc1onc(C)c1CNc1ccc2c(c1)CCCC(=O)N2. The Balaban J connectivity index is 1.75. The molecule has 3 rings (SSSR count). The molecule has 1 aromatic heterocycles. The van der Waals surface area contributed by atoms with Crippen LogP contribution in [0.4, 0.5) is 11.4 Å². The van der Waals surface area contributed by atoms with Crippen molar-refractivity contribution < 1.29 is 9.32 Å². The van der Waals surface area contributed by atoms with Gasteiger partial charge < -0.3 is 15.2 Å². The van der Waals surface area contributed by atoms with Crippen LogP contribution < -0.4 is 10.6 Å². The van der Waals surface area contributed by atoms with Crippen LogP contribution in [0.25, 0.3) is 0 Å². The fourth-order valence-corrected chi connectivity index (χ4v) is 2.81. The zero-order chi connectivity index (χ0) is 15.5. The Bertz CT molecular complexity index is 691. The van der Waals surface area contributed by atoms with Crippen LogP contribution in [0.2, 0.25) is 0 Å². The van der Waals surface area contributed by atoms with Crippen molar-refractivity contribution in [1.82, 2.24) is 5.16 Å². The average Bonchev–Trinajstić information content (AvgIpc) is 2.76. The predicted molar refractivity (Wildman–Crippen MR) is 86.0 cm³/mol. The van der Waals surface area contributed by atoms with E-state index in [1.165, 1.54) is 5.56 Å². The number of hydrogen-bond acceptors (Lipinski definition) is 4. The topological polar surface area (TPSA) is 67.2 Å². The van der Waals surface area contributed by atoms with Crippen molar-refractivity contribution in [2.45, 2.75) is 46.1 Å². The number of aromatic nitrogens is 1. The molecule has 1 aliphatic rings. The lowest BCUT2D eigenvalue weighted by molar-refractivity contribution is -0.116. The van der Waals surface area contributed by atoms with Gasteiger partial charge in [-0.2, -0.15) is 0 Å². The predicted octanol–water partition coefficient (Wildman–Crippen LogP) is 3.43. The summed E-state index contributed by atoms with van der Waals surface area (Å²) < 4.78 is 5.31. The zero-order valence-electron chi connectivity index (χ0n) is 13.0. The van der Waals surface area contributed by atoms with E-state index >= 15 is 0 Å². The van der Waals surface area contributed by atoms with Gasteiger partial charge in [0.1, 0.15) is 5.76 Å². The van der Waals surface area contributed by atoms with Crippen molar-refractivity contribution in [1.29, 1.82) is 0 Å². The average molecular weight is 299 g/mol. The molecule has 0 saturated carbocycles. The molecular weight excluding hydrogens is 278 g/mol. The van der Waals surface area contributed by atoms with Crippen LogP contribution >= 0.6 is 0 Å². The number of carbonyl (C=O) groups is 1. The summed E-state index contributed by atoms with van der Waals surface area (Å²) in [4.78, 5) is 11.6. The van der Waals surface area contributed by atoms with E-state index in [0.717, 1.165) is 47.7 Å². The molecule has 0 aliphatic carbocycles. The molecule has 0 unspecified atom stereocenters. The van der Waals surface area contributed by atoms with Crippen LogP contribution in [0.3, 0.4) is 0 Å². The van der Waals surface area contributed by atoms with Crippen LogP contribution in [0.5, 0.6) is 0 Å². The Labute approximate surface area is 130 Å². The molecule has 116 valence electrons. The summed E-state index contributed by atoms with van der Waals surface area (Å²) >= 11 is 0. The molecule has 2 heterocycles. The van der Waals surface area contributed by atoms with Crippen molar-refractivity contribution in [2.24, 2.45) is 0 Å². The van der Waals surface area contributed by atoms with E-state index in [1.807, 2.05) is 19.1 Å². The smallest absolute Gasteiger partial charge is 0.224 e. The summed E-state index contributed by atoms with van der Waals surface area (Å²) in [6, 6.07) is 6.09. The molecule has 1 amide bonds. The van der Waals surface area contributed by atoms with Gasteiger partial charge in [-0.25, -0.2) is 0 Å². The number of benzene rings is 1. The van der Waals surface area contributed by atoms with Gasteiger partial charge in [0.15, 0.2) is 0 Å². The third-order valence-corrected chi connectivity index (χ3v) is 4.09. The number of hydrogen-bond donors (Lipinski definition) is 2. The minimum atomic E-state index is 0.104. The summed E-state index contributed by atoms with van der Waals surface area (Å²) in [5.74, 6) is 1.04. The van der Waals surface area contributed by atoms with Crippen LogP contribution in [0, 0.1) is 6.92 Å². The van der Waals surface area contributed by atoms with Crippen molar-refractivity contribution in [2.75, 3.05) is 10.6 Å². The number of anilines is 2. The lowest BCUT2D eigenvalue weighted by atomic mass is 10.1. The number of aryl methyl sites for hydroxylation is 3. The van der Waals surface area contributed by atoms with Crippen molar-refractivity contribution in [3.05, 3.63) is 40.8 Å². The molecule has 5 heteroatoms. The van der Waals surface area contributed by atoms with E-state index in [0.29, 0.717) is 13.0 Å². The molecule has 1 aromatic carbocycles. The van der Waals surface area contributed by atoms with E-state index in [4.69, 9.17) is 4.52 Å². The summed E-state index contributed by atoms with van der Waals surface area (Å²) in [5, 5.41) is 10.4. The van der Waals surface area contributed by atoms with Crippen LogP contribution in [-0.4, -0.2) is 11.1 Å². The summed E-state index contributed by atoms with van der Waals surface area (Å²) in [5.41, 5.74) is 5.24. The Hall–Kier alpha value is -2.30. The fraction of sp³-hybridized carbons (Fsp3) is 0.412. The van der Waals surface area contributed by atoms with Crippen LogP contribution in [0.15, 0.2) is 22.7 Å². The quantitative estimate of drug-likeness (QED) is 0.907. The number of fused-ring (bicyclic) bond motifs is 1. The highest BCUT2D eigenvalue weighted by molar-refractivity contribution is 5.92. The molecule has 0 bridgehead atoms. The Morgan fingerprint density at radius 3 is 3.05 bits per heavy atom. The molecule has 2 N–H and O–H groups in total. The van der Waals surface area contributed by atoms with Crippen molar-refractivity contribution >= 4 is 17.3 Å². The molecule has 1 aliphatic heterocycles. The second kappa shape index (κ2) is 6.22. The second-order valence-corrected chi connectivity index (χ2v) is 5.65. The maximum absolute atomic E-state index is 11.6. The minimum absolute atomic E-state index is 0.104. The first-order valence-electron chi connectivity index (χ1n) is 7.78. The summed E-state index contributed by atoms with van der Waals surface area (Å²) in [7, 11) is 0. The van der Waals surface area contributed by atoms with Gasteiger partial charge >= 0.3 is 0 Å². The molecular formula is C17H21N3O2. The van der Waals surface area contributed by atoms with Crippen LogP contribution in [-0.2, 0) is 24.2 Å². The molecule has 0 fully saturated rings. The van der Waals surface area contributed by atoms with Crippen LogP contribution in [0.1, 0.15) is 42.3 Å². The number of rotatable bonds is 4. The molecule has 5 nitrogen and oxygen atoms in total. The standard InChI is InChI=1S/C17H21N3O2/c1-3-16-14(11(2)20-22-16)10-18-13-7-8-15-12(9-13)5-4-6-17(21)19-15/h7-9,18H,3-6,10H2,1-2H3,(H,19,21). The molecule has 22 heavy (non-hydrogen) atoms. The Kier molecular flexibility index (Phi) is 4.13. The fourth-order valence-electron chi connectivity index (χ4n) is 2.81. The largest absolute Gasteiger partial charge is 0.381 e. The Morgan fingerprint density at radius 1 is 1.36 bits per heavy atom. The highest BCUT2D eigenvalue weighted by Crippen LogP contribution is 2.26. The van der Waals surface area contributed by atoms with Crippen molar-refractivity contribution in [3.63, 3.8) is 0 Å². The Morgan fingerprint density at radius 2 is 2.23 bits per heavy atom. The monoisotopic (exact) mass is 299 g/mol. The van der Waals surface area contributed by atoms with E-state index in [-0.39, 0.29) is 5.91 Å². The van der Waals surface area contributed by atoms with Gasteiger partial charge in [0.25, 0.3) is 0 Å². The second-order valence-electron chi connectivity index (χ2n) is 5.65. The van der Waals surface area contributed by atoms with Crippen molar-refractivity contribution in [3.8, 4) is 0 Å². The van der Waals surface area contributed by atoms with Gasteiger partial charge in [-0.3, -0.25) is 4.79 Å². The lowest BCUT2D eigenvalue weighted by Gasteiger charge is -2.11. The summed E-state index contributed by atoms with van der Waals surface area (Å²) in [6.07, 6.45) is 3.26. The highest BCUT2D eigenvalue weighted by atomic mass is 16.5. The molecule has 0 spiro atoms. The van der Waals surface area contributed by atoms with E-state index in [9.17, 15) is 4.79 Å². The first-order chi connectivity index (χ1) is 10.7. The maximum Gasteiger partial charge on any atom is 0.224 e. The highest BCUT2D eigenvalue weighted by Gasteiger charge is 2.14. The van der Waals surface area contributed by atoms with Gasteiger partial charge in [0, 0.05) is 36.3 Å². The molecule has 0 atom stereocenters. The van der Waals surface area contributed by atoms with Gasteiger partial charge in [-0.05, 0) is 43.5 Å². The zero-order valence-corrected chi connectivity index (χ0v) is 13.0. The third-order valence-electron chi connectivity index (χ3n) is 4.09. The first-order valence-corrected chi connectivity index (χ1v) is 7.78. The van der Waals surface area contributed by atoms with Gasteiger partial charge in [0.2, 0.25) is 5.91 Å². The summed E-state index contributed by atoms with van der Waals surface area (Å²) in [6.45, 7) is 4.73. The van der Waals surface area contributed by atoms with Gasteiger partial charge in [0.05, 0.1) is 5.69 Å². The maximum atomic E-state index is 11.6. The van der Waals surface area contributed by atoms with Gasteiger partial charge in [-0.15, -0.1) is 0 Å². The normalized spacial score (nSPS) is 14.2. The lowest BCUT2D eigenvalue weighted by Crippen LogP contribution is -2.09. The van der Waals surface area contributed by atoms with E-state index in [2.05, 4.69) is 28.8 Å².